The average molecular weight is 240 g/mol. The summed E-state index contributed by atoms with van der Waals surface area (Å²) in [6.07, 6.45) is 0. The number of aryl methyl sites for hydroxylation is 1. The van der Waals surface area contributed by atoms with E-state index in [1.165, 1.54) is 6.92 Å². The Morgan fingerprint density at radius 2 is 2.06 bits per heavy atom. The Labute approximate surface area is 97.8 Å². The van der Waals surface area contributed by atoms with Crippen LogP contribution >= 0.6 is 0 Å². The lowest BCUT2D eigenvalue weighted by molar-refractivity contribution is -0.385. The van der Waals surface area contributed by atoms with Crippen LogP contribution in [0.25, 0.3) is 0 Å². The molecule has 17 heavy (non-hydrogen) atoms. The van der Waals surface area contributed by atoms with Crippen molar-refractivity contribution in [2.45, 2.75) is 26.8 Å². The number of carbonyl (C=O) groups is 1. The van der Waals surface area contributed by atoms with Gasteiger partial charge in [0.1, 0.15) is 5.82 Å². The number of non-ortho nitro benzene ring substituents is 1. The van der Waals surface area contributed by atoms with Gasteiger partial charge < -0.3 is 5.32 Å². The second kappa shape index (κ2) is 4.90. The van der Waals surface area contributed by atoms with Gasteiger partial charge >= 0.3 is 0 Å². The highest BCUT2D eigenvalue weighted by Gasteiger charge is 2.19. The summed E-state index contributed by atoms with van der Waals surface area (Å²) < 4.78 is 13.7. The van der Waals surface area contributed by atoms with Gasteiger partial charge in [-0.1, -0.05) is 0 Å². The van der Waals surface area contributed by atoms with Gasteiger partial charge in [0.25, 0.3) is 11.6 Å². The molecule has 0 aliphatic carbocycles. The molecule has 0 unspecified atom stereocenters. The van der Waals surface area contributed by atoms with E-state index in [0.29, 0.717) is 0 Å². The van der Waals surface area contributed by atoms with Gasteiger partial charge in [0.2, 0.25) is 0 Å². The zero-order valence-electron chi connectivity index (χ0n) is 9.78. The lowest BCUT2D eigenvalue weighted by atomic mass is 10.1. The standard InChI is InChI=1S/C11H13FN2O3/c1-6(2)13-11(15)9-5-8(14(16)17)4-7(3)10(9)12/h4-6H,1-3H3,(H,13,15). The molecule has 0 aromatic heterocycles. The molecule has 0 saturated carbocycles. The fraction of sp³-hybridized carbons (Fsp3) is 0.364. The van der Waals surface area contributed by atoms with Crippen LogP contribution in [0.15, 0.2) is 12.1 Å². The van der Waals surface area contributed by atoms with E-state index in [2.05, 4.69) is 5.32 Å². The molecule has 0 fully saturated rings. The molecule has 0 aliphatic rings. The molecule has 6 heteroatoms. The first-order valence-corrected chi connectivity index (χ1v) is 5.08. The topological polar surface area (TPSA) is 72.2 Å². The summed E-state index contributed by atoms with van der Waals surface area (Å²) in [4.78, 5) is 21.6. The van der Waals surface area contributed by atoms with Crippen molar-refractivity contribution in [1.29, 1.82) is 0 Å². The van der Waals surface area contributed by atoms with Crippen LogP contribution < -0.4 is 5.32 Å². The summed E-state index contributed by atoms with van der Waals surface area (Å²) >= 11 is 0. The van der Waals surface area contributed by atoms with Gasteiger partial charge in [0.15, 0.2) is 0 Å². The molecule has 0 heterocycles. The van der Waals surface area contributed by atoms with Gasteiger partial charge in [-0.3, -0.25) is 14.9 Å². The van der Waals surface area contributed by atoms with Gasteiger partial charge in [-0.15, -0.1) is 0 Å². The lowest BCUT2D eigenvalue weighted by Gasteiger charge is -2.09. The van der Waals surface area contributed by atoms with Crippen LogP contribution in [0.5, 0.6) is 0 Å². The summed E-state index contributed by atoms with van der Waals surface area (Å²) in [6.45, 7) is 4.83. The molecule has 0 spiro atoms. The van der Waals surface area contributed by atoms with Gasteiger partial charge in [0.05, 0.1) is 10.5 Å². The average Bonchev–Trinajstić information content (AvgIpc) is 2.20. The number of rotatable bonds is 3. The fourth-order valence-electron chi connectivity index (χ4n) is 1.36. The van der Waals surface area contributed by atoms with Crippen molar-refractivity contribution < 1.29 is 14.1 Å². The van der Waals surface area contributed by atoms with Crippen molar-refractivity contribution in [1.82, 2.24) is 5.32 Å². The van der Waals surface area contributed by atoms with Crippen molar-refractivity contribution in [3.63, 3.8) is 0 Å². The molecule has 0 atom stereocenters. The van der Waals surface area contributed by atoms with Crippen LogP contribution in [0.2, 0.25) is 0 Å². The summed E-state index contributed by atoms with van der Waals surface area (Å²) in [5, 5.41) is 13.1. The molecule has 0 saturated heterocycles. The third-order valence-corrected chi connectivity index (χ3v) is 2.11. The number of nitrogens with one attached hydrogen (secondary N) is 1. The Bertz CT molecular complexity index is 472. The monoisotopic (exact) mass is 240 g/mol. The van der Waals surface area contributed by atoms with Crippen molar-refractivity contribution in [3.05, 3.63) is 39.2 Å². The zero-order chi connectivity index (χ0) is 13.2. The van der Waals surface area contributed by atoms with Crippen LogP contribution in [0.4, 0.5) is 10.1 Å². The molecule has 0 bridgehead atoms. The predicted octanol–water partition coefficient (Wildman–Crippen LogP) is 2.18. The normalized spacial score (nSPS) is 10.4. The fourth-order valence-corrected chi connectivity index (χ4v) is 1.36. The number of benzene rings is 1. The molecule has 1 rings (SSSR count). The number of nitro benzene ring substituents is 1. The van der Waals surface area contributed by atoms with Crippen LogP contribution in [0.1, 0.15) is 29.8 Å². The molecule has 92 valence electrons. The van der Waals surface area contributed by atoms with Crippen LogP contribution in [-0.2, 0) is 0 Å². The Balaban J connectivity index is 3.22. The minimum atomic E-state index is -0.728. The summed E-state index contributed by atoms with van der Waals surface area (Å²) in [7, 11) is 0. The summed E-state index contributed by atoms with van der Waals surface area (Å²) in [5.74, 6) is -1.38. The van der Waals surface area contributed by atoms with Crippen molar-refractivity contribution in [2.75, 3.05) is 0 Å². The second-order valence-corrected chi connectivity index (χ2v) is 4.01. The van der Waals surface area contributed by atoms with E-state index in [1.54, 1.807) is 13.8 Å². The Hall–Kier alpha value is -1.98. The summed E-state index contributed by atoms with van der Waals surface area (Å²) in [5.41, 5.74) is -0.517. The van der Waals surface area contributed by atoms with Crippen LogP contribution in [-0.4, -0.2) is 16.9 Å². The largest absolute Gasteiger partial charge is 0.350 e. The molecule has 1 aromatic carbocycles. The Morgan fingerprint density at radius 3 is 2.53 bits per heavy atom. The first-order chi connectivity index (χ1) is 7.82. The highest BCUT2D eigenvalue weighted by atomic mass is 19.1. The first kappa shape index (κ1) is 13.1. The van der Waals surface area contributed by atoms with Crippen molar-refractivity contribution in [3.8, 4) is 0 Å². The molecular formula is C11H13FN2O3. The number of nitrogens with zero attached hydrogens (tertiary/aromatic N) is 1. The van der Waals surface area contributed by atoms with Gasteiger partial charge in [-0.2, -0.15) is 0 Å². The van der Waals surface area contributed by atoms with E-state index < -0.39 is 16.6 Å². The van der Waals surface area contributed by atoms with E-state index in [9.17, 15) is 19.3 Å². The molecule has 1 N–H and O–H groups in total. The van der Waals surface area contributed by atoms with E-state index in [4.69, 9.17) is 0 Å². The number of amides is 1. The molecule has 0 radical (unpaired) electrons. The van der Waals surface area contributed by atoms with E-state index in [-0.39, 0.29) is 22.9 Å². The molecule has 5 nitrogen and oxygen atoms in total. The molecule has 1 aromatic rings. The number of nitro groups is 1. The maximum absolute atomic E-state index is 13.7. The number of hydrogen-bond donors (Lipinski definition) is 1. The van der Waals surface area contributed by atoms with Gasteiger partial charge in [-0.05, 0) is 26.3 Å². The zero-order valence-corrected chi connectivity index (χ0v) is 9.78. The quantitative estimate of drug-likeness (QED) is 0.650. The minimum absolute atomic E-state index is 0.0770. The maximum Gasteiger partial charge on any atom is 0.270 e. The number of hydrogen-bond acceptors (Lipinski definition) is 3. The van der Waals surface area contributed by atoms with E-state index >= 15 is 0 Å². The smallest absolute Gasteiger partial charge is 0.270 e. The predicted molar refractivity (Wildman–Crippen MR) is 60.4 cm³/mol. The SMILES string of the molecule is Cc1cc([N+](=O)[O-])cc(C(=O)NC(C)C)c1F. The van der Waals surface area contributed by atoms with Crippen molar-refractivity contribution >= 4 is 11.6 Å². The molecule has 0 aliphatic heterocycles. The van der Waals surface area contributed by atoms with E-state index in [1.807, 2.05) is 0 Å². The van der Waals surface area contributed by atoms with Crippen LogP contribution in [0, 0.1) is 22.9 Å². The first-order valence-electron chi connectivity index (χ1n) is 5.08. The lowest BCUT2D eigenvalue weighted by Crippen LogP contribution is -2.31. The minimum Gasteiger partial charge on any atom is -0.350 e. The van der Waals surface area contributed by atoms with Crippen LogP contribution in [0.3, 0.4) is 0 Å². The number of carbonyl (C=O) groups excluding carboxylic acids is 1. The molecule has 1 amide bonds. The Kier molecular flexibility index (Phi) is 3.77. The molecular weight excluding hydrogens is 227 g/mol. The van der Waals surface area contributed by atoms with Gasteiger partial charge in [0, 0.05) is 18.2 Å². The summed E-state index contributed by atoms with van der Waals surface area (Å²) in [6, 6.07) is 1.88. The highest BCUT2D eigenvalue weighted by molar-refractivity contribution is 5.95. The highest BCUT2D eigenvalue weighted by Crippen LogP contribution is 2.21. The maximum atomic E-state index is 13.7. The Morgan fingerprint density at radius 1 is 1.47 bits per heavy atom. The van der Waals surface area contributed by atoms with Crippen molar-refractivity contribution in [2.24, 2.45) is 0 Å². The number of halogens is 1. The van der Waals surface area contributed by atoms with E-state index in [0.717, 1.165) is 12.1 Å². The van der Waals surface area contributed by atoms with Gasteiger partial charge in [-0.25, -0.2) is 4.39 Å². The third kappa shape index (κ3) is 2.99. The second-order valence-electron chi connectivity index (χ2n) is 4.01. The third-order valence-electron chi connectivity index (χ3n) is 2.11.